The molecule has 0 atom stereocenters. The first-order valence-electron chi connectivity index (χ1n) is 9.67. The average Bonchev–Trinajstić information content (AvgIpc) is 2.61. The summed E-state index contributed by atoms with van der Waals surface area (Å²) in [4.78, 5) is 16.5. The van der Waals surface area contributed by atoms with Crippen molar-refractivity contribution in [2.45, 2.75) is 25.7 Å². The van der Waals surface area contributed by atoms with Crippen molar-refractivity contribution >= 4 is 15.9 Å². The van der Waals surface area contributed by atoms with Crippen LogP contribution in [-0.4, -0.2) is 81.5 Å². The van der Waals surface area contributed by atoms with Gasteiger partial charge in [0.15, 0.2) is 0 Å². The Hall–Kier alpha value is -1.44. The summed E-state index contributed by atoms with van der Waals surface area (Å²) in [6, 6.07) is 10.4. The molecule has 0 aromatic heterocycles. The average molecular weight is 396 g/mol. The van der Waals surface area contributed by atoms with Gasteiger partial charge >= 0.3 is 0 Å². The molecular weight excluding hydrogens is 362 g/mol. The quantitative estimate of drug-likeness (QED) is 0.638. The van der Waals surface area contributed by atoms with Crippen LogP contribution in [0.3, 0.4) is 0 Å². The van der Waals surface area contributed by atoms with E-state index in [0.29, 0.717) is 32.0 Å². The van der Waals surface area contributed by atoms with E-state index in [9.17, 15) is 13.2 Å². The molecule has 152 valence electrons. The SMILES string of the molecule is CN(C)CCCN(CC(=O)N1CCC(Cc2ccccc2)CC1)S(C)(=O)=O. The Morgan fingerprint density at radius 3 is 2.30 bits per heavy atom. The number of nitrogens with zero attached hydrogens (tertiary/aromatic N) is 3. The van der Waals surface area contributed by atoms with Crippen molar-refractivity contribution in [2.75, 3.05) is 53.1 Å². The van der Waals surface area contributed by atoms with Crippen LogP contribution in [0.4, 0.5) is 0 Å². The number of carbonyl (C=O) groups excluding carboxylic acids is 1. The van der Waals surface area contributed by atoms with Crippen LogP contribution in [0.5, 0.6) is 0 Å². The zero-order chi connectivity index (χ0) is 19.9. The molecule has 1 aliphatic heterocycles. The number of likely N-dealkylation sites (tertiary alicyclic amines) is 1. The van der Waals surface area contributed by atoms with Gasteiger partial charge in [0.05, 0.1) is 12.8 Å². The van der Waals surface area contributed by atoms with Crippen LogP contribution < -0.4 is 0 Å². The Morgan fingerprint density at radius 2 is 1.74 bits per heavy atom. The summed E-state index contributed by atoms with van der Waals surface area (Å²) < 4.78 is 25.4. The summed E-state index contributed by atoms with van der Waals surface area (Å²) in [5.41, 5.74) is 1.34. The van der Waals surface area contributed by atoms with Crippen molar-refractivity contribution in [3.8, 4) is 0 Å². The van der Waals surface area contributed by atoms with E-state index in [4.69, 9.17) is 0 Å². The molecule has 27 heavy (non-hydrogen) atoms. The molecule has 1 fully saturated rings. The first kappa shape index (κ1) is 21.9. The summed E-state index contributed by atoms with van der Waals surface area (Å²) in [7, 11) is 0.527. The molecule has 0 bridgehead atoms. The number of benzene rings is 1. The molecular formula is C20H33N3O3S. The fourth-order valence-electron chi connectivity index (χ4n) is 3.51. The zero-order valence-electron chi connectivity index (χ0n) is 16.8. The molecule has 0 N–H and O–H groups in total. The van der Waals surface area contributed by atoms with E-state index >= 15 is 0 Å². The topological polar surface area (TPSA) is 60.9 Å². The molecule has 2 rings (SSSR count). The highest BCUT2D eigenvalue weighted by molar-refractivity contribution is 7.88. The van der Waals surface area contributed by atoms with Crippen LogP contribution in [0, 0.1) is 5.92 Å². The van der Waals surface area contributed by atoms with Crippen molar-refractivity contribution in [2.24, 2.45) is 5.92 Å². The Kier molecular flexibility index (Phi) is 8.26. The van der Waals surface area contributed by atoms with E-state index in [1.807, 2.05) is 30.0 Å². The molecule has 0 radical (unpaired) electrons. The van der Waals surface area contributed by atoms with Crippen molar-refractivity contribution < 1.29 is 13.2 Å². The van der Waals surface area contributed by atoms with Crippen LogP contribution in [0.2, 0.25) is 0 Å². The molecule has 0 spiro atoms. The van der Waals surface area contributed by atoms with Crippen molar-refractivity contribution in [1.29, 1.82) is 0 Å². The summed E-state index contributed by atoms with van der Waals surface area (Å²) in [5.74, 6) is 0.506. The highest BCUT2D eigenvalue weighted by Crippen LogP contribution is 2.22. The van der Waals surface area contributed by atoms with Crippen molar-refractivity contribution in [3.63, 3.8) is 0 Å². The molecule has 1 heterocycles. The third-order valence-electron chi connectivity index (χ3n) is 5.13. The van der Waals surface area contributed by atoms with Gasteiger partial charge in [0, 0.05) is 19.6 Å². The fraction of sp³-hybridized carbons (Fsp3) is 0.650. The van der Waals surface area contributed by atoms with Gasteiger partial charge in [-0.05, 0) is 57.8 Å². The molecule has 1 aromatic carbocycles. The van der Waals surface area contributed by atoms with Gasteiger partial charge in [-0.3, -0.25) is 4.79 Å². The largest absolute Gasteiger partial charge is 0.342 e. The van der Waals surface area contributed by atoms with E-state index in [0.717, 1.165) is 25.8 Å². The van der Waals surface area contributed by atoms with E-state index < -0.39 is 10.0 Å². The number of sulfonamides is 1. The lowest BCUT2D eigenvalue weighted by Gasteiger charge is -2.33. The van der Waals surface area contributed by atoms with E-state index in [1.54, 1.807) is 0 Å². The van der Waals surface area contributed by atoms with Gasteiger partial charge in [0.25, 0.3) is 0 Å². The van der Waals surface area contributed by atoms with E-state index in [1.165, 1.54) is 16.1 Å². The molecule has 7 heteroatoms. The maximum absolute atomic E-state index is 12.6. The smallest absolute Gasteiger partial charge is 0.237 e. The normalized spacial score (nSPS) is 16.3. The van der Waals surface area contributed by atoms with Gasteiger partial charge in [0.1, 0.15) is 0 Å². The minimum Gasteiger partial charge on any atom is -0.342 e. The first-order valence-corrected chi connectivity index (χ1v) is 11.5. The van der Waals surface area contributed by atoms with Crippen LogP contribution in [-0.2, 0) is 21.2 Å². The van der Waals surface area contributed by atoms with Crippen LogP contribution in [0.15, 0.2) is 30.3 Å². The second-order valence-electron chi connectivity index (χ2n) is 7.77. The van der Waals surface area contributed by atoms with Gasteiger partial charge in [-0.15, -0.1) is 0 Å². The Balaban J connectivity index is 1.82. The monoisotopic (exact) mass is 395 g/mol. The lowest BCUT2D eigenvalue weighted by Crippen LogP contribution is -2.46. The van der Waals surface area contributed by atoms with E-state index in [2.05, 4.69) is 24.3 Å². The van der Waals surface area contributed by atoms with Crippen LogP contribution in [0.25, 0.3) is 0 Å². The highest BCUT2D eigenvalue weighted by Gasteiger charge is 2.26. The van der Waals surface area contributed by atoms with E-state index in [-0.39, 0.29) is 12.5 Å². The van der Waals surface area contributed by atoms with Crippen LogP contribution >= 0.6 is 0 Å². The van der Waals surface area contributed by atoms with Gasteiger partial charge < -0.3 is 9.80 Å². The zero-order valence-corrected chi connectivity index (χ0v) is 17.6. The maximum Gasteiger partial charge on any atom is 0.237 e. The molecule has 1 aromatic rings. The molecule has 0 saturated carbocycles. The minimum absolute atomic E-state index is 0.0460. The van der Waals surface area contributed by atoms with Crippen LogP contribution in [0.1, 0.15) is 24.8 Å². The van der Waals surface area contributed by atoms with Gasteiger partial charge in [0.2, 0.25) is 15.9 Å². The number of hydrogen-bond donors (Lipinski definition) is 0. The molecule has 6 nitrogen and oxygen atoms in total. The number of rotatable bonds is 9. The lowest BCUT2D eigenvalue weighted by atomic mass is 9.90. The summed E-state index contributed by atoms with van der Waals surface area (Å²) >= 11 is 0. The second-order valence-corrected chi connectivity index (χ2v) is 9.75. The van der Waals surface area contributed by atoms with Crippen molar-refractivity contribution in [1.82, 2.24) is 14.1 Å². The summed E-state index contributed by atoms with van der Waals surface area (Å²) in [6.07, 6.45) is 4.89. The Morgan fingerprint density at radius 1 is 1.11 bits per heavy atom. The maximum atomic E-state index is 12.6. The fourth-order valence-corrected chi connectivity index (χ4v) is 4.32. The third-order valence-corrected chi connectivity index (χ3v) is 6.38. The number of hydrogen-bond acceptors (Lipinski definition) is 4. The second kappa shape index (κ2) is 10.2. The predicted molar refractivity (Wildman–Crippen MR) is 109 cm³/mol. The molecule has 0 aliphatic carbocycles. The summed E-state index contributed by atoms with van der Waals surface area (Å²) in [6.45, 7) is 2.56. The molecule has 1 aliphatic rings. The molecule has 0 unspecified atom stereocenters. The van der Waals surface area contributed by atoms with Gasteiger partial charge in [-0.2, -0.15) is 4.31 Å². The van der Waals surface area contributed by atoms with Crippen molar-refractivity contribution in [3.05, 3.63) is 35.9 Å². The molecule has 1 saturated heterocycles. The summed E-state index contributed by atoms with van der Waals surface area (Å²) in [5, 5.41) is 0. The minimum atomic E-state index is -3.38. The number of amides is 1. The first-order chi connectivity index (χ1) is 12.8. The highest BCUT2D eigenvalue weighted by atomic mass is 32.2. The number of carbonyl (C=O) groups is 1. The standard InChI is InChI=1S/C20H33N3O3S/c1-21(2)12-7-13-23(27(3,25)26)17-20(24)22-14-10-19(11-15-22)16-18-8-5-4-6-9-18/h4-6,8-9,19H,7,10-17H2,1-3H3. The Bertz CT molecular complexity index is 684. The third kappa shape index (κ3) is 7.60. The van der Waals surface area contributed by atoms with Gasteiger partial charge in [-0.25, -0.2) is 8.42 Å². The number of piperidine rings is 1. The Labute approximate surface area is 164 Å². The molecule has 1 amide bonds. The lowest BCUT2D eigenvalue weighted by molar-refractivity contribution is -0.132. The predicted octanol–water partition coefficient (Wildman–Crippen LogP) is 1.68. The van der Waals surface area contributed by atoms with Gasteiger partial charge in [-0.1, -0.05) is 30.3 Å².